The predicted molar refractivity (Wildman–Crippen MR) is 116 cm³/mol. The standard InChI is InChI=1S/C24H28N2O3/c1-17-14-21(18(2)26(17)20-8-6-5-7-9-20)22(27)16-25-13-12-19-10-11-23(28-3)24(15-19)29-4/h5-11,14-15,25H,12-13,16H2,1-4H3. The molecule has 3 aromatic rings. The second-order valence-electron chi connectivity index (χ2n) is 7.00. The van der Waals surface area contributed by atoms with E-state index in [0.717, 1.165) is 40.4 Å². The van der Waals surface area contributed by atoms with E-state index in [1.165, 1.54) is 0 Å². The van der Waals surface area contributed by atoms with E-state index in [0.29, 0.717) is 18.8 Å². The molecule has 1 heterocycles. The normalized spacial score (nSPS) is 10.8. The third-order valence-electron chi connectivity index (χ3n) is 5.07. The van der Waals surface area contributed by atoms with Gasteiger partial charge in [-0.1, -0.05) is 24.3 Å². The first-order chi connectivity index (χ1) is 14.0. The van der Waals surface area contributed by atoms with E-state index in [-0.39, 0.29) is 5.78 Å². The molecule has 0 saturated carbocycles. The topological polar surface area (TPSA) is 52.5 Å². The van der Waals surface area contributed by atoms with Gasteiger partial charge in [-0.2, -0.15) is 0 Å². The van der Waals surface area contributed by atoms with Crippen LogP contribution < -0.4 is 14.8 Å². The number of aromatic nitrogens is 1. The highest BCUT2D eigenvalue weighted by Gasteiger charge is 2.16. The Hall–Kier alpha value is -3.05. The summed E-state index contributed by atoms with van der Waals surface area (Å²) in [7, 11) is 3.25. The number of nitrogens with one attached hydrogen (secondary N) is 1. The van der Waals surface area contributed by atoms with E-state index >= 15 is 0 Å². The lowest BCUT2D eigenvalue weighted by Gasteiger charge is -2.10. The van der Waals surface area contributed by atoms with Crippen molar-refractivity contribution in [2.45, 2.75) is 20.3 Å². The Balaban J connectivity index is 1.59. The molecule has 29 heavy (non-hydrogen) atoms. The van der Waals surface area contributed by atoms with Crippen molar-refractivity contribution in [2.75, 3.05) is 27.3 Å². The number of aryl methyl sites for hydroxylation is 1. The van der Waals surface area contributed by atoms with Gasteiger partial charge < -0.3 is 19.4 Å². The summed E-state index contributed by atoms with van der Waals surface area (Å²) in [6.45, 7) is 5.04. The van der Waals surface area contributed by atoms with E-state index in [2.05, 4.69) is 22.0 Å². The van der Waals surface area contributed by atoms with Crippen molar-refractivity contribution in [3.8, 4) is 17.2 Å². The van der Waals surface area contributed by atoms with Crippen molar-refractivity contribution in [3.05, 3.63) is 77.1 Å². The number of rotatable bonds is 9. The number of nitrogens with zero attached hydrogens (tertiary/aromatic N) is 1. The van der Waals surface area contributed by atoms with E-state index in [4.69, 9.17) is 9.47 Å². The summed E-state index contributed by atoms with van der Waals surface area (Å²) in [4.78, 5) is 12.7. The number of Topliss-reactive ketones (excluding diaryl/α,β-unsaturated/α-hetero) is 1. The number of methoxy groups -OCH3 is 2. The number of hydrogen-bond acceptors (Lipinski definition) is 4. The number of carbonyl (C=O) groups excluding carboxylic acids is 1. The molecule has 0 saturated heterocycles. The quantitative estimate of drug-likeness (QED) is 0.440. The SMILES string of the molecule is COc1ccc(CCNCC(=O)c2cc(C)n(-c3ccccc3)c2C)cc1OC. The Bertz CT molecular complexity index is 977. The molecule has 0 atom stereocenters. The number of para-hydroxylation sites is 1. The highest BCUT2D eigenvalue weighted by Crippen LogP contribution is 2.27. The van der Waals surface area contributed by atoms with Gasteiger partial charge in [0.2, 0.25) is 0 Å². The number of benzene rings is 2. The molecular formula is C24H28N2O3. The minimum Gasteiger partial charge on any atom is -0.493 e. The first-order valence-corrected chi connectivity index (χ1v) is 9.74. The fraction of sp³-hybridized carbons (Fsp3) is 0.292. The number of ketones is 1. The number of hydrogen-bond donors (Lipinski definition) is 1. The summed E-state index contributed by atoms with van der Waals surface area (Å²) in [6.07, 6.45) is 0.802. The second-order valence-corrected chi connectivity index (χ2v) is 7.00. The molecular weight excluding hydrogens is 364 g/mol. The van der Waals surface area contributed by atoms with Crippen molar-refractivity contribution in [1.29, 1.82) is 0 Å². The average Bonchev–Trinajstić information content (AvgIpc) is 3.05. The van der Waals surface area contributed by atoms with Gasteiger partial charge in [-0.3, -0.25) is 4.79 Å². The van der Waals surface area contributed by atoms with Gasteiger partial charge in [0.1, 0.15) is 0 Å². The van der Waals surface area contributed by atoms with Gasteiger partial charge in [-0.15, -0.1) is 0 Å². The molecule has 1 N–H and O–H groups in total. The Labute approximate surface area is 172 Å². The first kappa shape index (κ1) is 20.7. The maximum absolute atomic E-state index is 12.7. The van der Waals surface area contributed by atoms with Crippen LogP contribution >= 0.6 is 0 Å². The molecule has 0 aliphatic rings. The molecule has 5 nitrogen and oxygen atoms in total. The van der Waals surface area contributed by atoms with Crippen LogP contribution in [0.5, 0.6) is 11.5 Å². The monoisotopic (exact) mass is 392 g/mol. The van der Waals surface area contributed by atoms with Crippen LogP contribution in [0.15, 0.2) is 54.6 Å². The van der Waals surface area contributed by atoms with E-state index in [1.54, 1.807) is 14.2 Å². The minimum absolute atomic E-state index is 0.104. The smallest absolute Gasteiger partial charge is 0.178 e. The first-order valence-electron chi connectivity index (χ1n) is 9.74. The van der Waals surface area contributed by atoms with Crippen molar-refractivity contribution >= 4 is 5.78 Å². The van der Waals surface area contributed by atoms with Crippen molar-refractivity contribution in [2.24, 2.45) is 0 Å². The van der Waals surface area contributed by atoms with Crippen LogP contribution in [0.2, 0.25) is 0 Å². The fourth-order valence-electron chi connectivity index (χ4n) is 3.59. The van der Waals surface area contributed by atoms with Crippen LogP contribution in [-0.2, 0) is 6.42 Å². The fourth-order valence-corrected chi connectivity index (χ4v) is 3.59. The predicted octanol–water partition coefficient (Wildman–Crippen LogP) is 4.13. The van der Waals surface area contributed by atoms with Crippen molar-refractivity contribution < 1.29 is 14.3 Å². The van der Waals surface area contributed by atoms with Gasteiger partial charge in [-0.25, -0.2) is 0 Å². The molecule has 0 fully saturated rings. The molecule has 152 valence electrons. The summed E-state index contributed by atoms with van der Waals surface area (Å²) in [6, 6.07) is 18.0. The molecule has 0 spiro atoms. The Morgan fingerprint density at radius 1 is 0.966 bits per heavy atom. The molecule has 3 rings (SSSR count). The molecule has 0 unspecified atom stereocenters. The highest BCUT2D eigenvalue weighted by atomic mass is 16.5. The van der Waals surface area contributed by atoms with Gasteiger partial charge in [0.15, 0.2) is 17.3 Å². The summed E-state index contributed by atoms with van der Waals surface area (Å²) in [5.41, 5.74) is 5.00. The lowest BCUT2D eigenvalue weighted by molar-refractivity contribution is 0.0991. The highest BCUT2D eigenvalue weighted by molar-refractivity contribution is 5.99. The van der Waals surface area contributed by atoms with Crippen LogP contribution in [0.3, 0.4) is 0 Å². The largest absolute Gasteiger partial charge is 0.493 e. The molecule has 0 amide bonds. The zero-order valence-electron chi connectivity index (χ0n) is 17.5. The van der Waals surface area contributed by atoms with Gasteiger partial charge in [0.05, 0.1) is 20.8 Å². The van der Waals surface area contributed by atoms with E-state index < -0.39 is 0 Å². The average molecular weight is 392 g/mol. The second kappa shape index (κ2) is 9.43. The Morgan fingerprint density at radius 2 is 1.69 bits per heavy atom. The molecule has 0 radical (unpaired) electrons. The van der Waals surface area contributed by atoms with E-state index in [1.807, 2.05) is 56.3 Å². The molecule has 2 aromatic carbocycles. The zero-order valence-corrected chi connectivity index (χ0v) is 17.5. The Kier molecular flexibility index (Phi) is 6.73. The third-order valence-corrected chi connectivity index (χ3v) is 5.07. The van der Waals surface area contributed by atoms with Crippen LogP contribution in [0, 0.1) is 13.8 Å². The van der Waals surface area contributed by atoms with Crippen molar-refractivity contribution in [3.63, 3.8) is 0 Å². The maximum atomic E-state index is 12.7. The Morgan fingerprint density at radius 3 is 2.38 bits per heavy atom. The summed E-state index contributed by atoms with van der Waals surface area (Å²) in [5.74, 6) is 1.54. The molecule has 0 aliphatic carbocycles. The lowest BCUT2D eigenvalue weighted by Crippen LogP contribution is -2.25. The lowest BCUT2D eigenvalue weighted by atomic mass is 10.1. The van der Waals surface area contributed by atoms with Crippen LogP contribution in [0.25, 0.3) is 5.69 Å². The zero-order chi connectivity index (χ0) is 20.8. The van der Waals surface area contributed by atoms with E-state index in [9.17, 15) is 4.79 Å². The number of carbonyl (C=O) groups is 1. The minimum atomic E-state index is 0.104. The van der Waals surface area contributed by atoms with Crippen molar-refractivity contribution in [1.82, 2.24) is 9.88 Å². The van der Waals surface area contributed by atoms with Crippen LogP contribution in [-0.4, -0.2) is 37.7 Å². The summed E-state index contributed by atoms with van der Waals surface area (Å²) >= 11 is 0. The third kappa shape index (κ3) is 4.69. The maximum Gasteiger partial charge on any atom is 0.178 e. The van der Waals surface area contributed by atoms with Gasteiger partial charge in [0, 0.05) is 22.6 Å². The van der Waals surface area contributed by atoms with Crippen LogP contribution in [0.4, 0.5) is 0 Å². The molecule has 0 bridgehead atoms. The summed E-state index contributed by atoms with van der Waals surface area (Å²) < 4.78 is 12.7. The van der Waals surface area contributed by atoms with Gasteiger partial charge >= 0.3 is 0 Å². The van der Waals surface area contributed by atoms with Crippen LogP contribution in [0.1, 0.15) is 27.3 Å². The summed E-state index contributed by atoms with van der Waals surface area (Å²) in [5, 5.41) is 3.26. The van der Waals surface area contributed by atoms with Gasteiger partial charge in [-0.05, 0) is 62.7 Å². The molecule has 0 aliphatic heterocycles. The molecule has 1 aromatic heterocycles. The molecule has 5 heteroatoms. The van der Waals surface area contributed by atoms with Gasteiger partial charge in [0.25, 0.3) is 0 Å². The number of ether oxygens (including phenoxy) is 2.